The van der Waals surface area contributed by atoms with Gasteiger partial charge in [-0.1, -0.05) is 18.2 Å². The highest BCUT2D eigenvalue weighted by Gasteiger charge is 2.25. The Morgan fingerprint density at radius 3 is 2.95 bits per heavy atom. The third-order valence-electron chi connectivity index (χ3n) is 3.92. The number of aromatic nitrogens is 1. The van der Waals surface area contributed by atoms with E-state index in [1.807, 2.05) is 18.2 Å². The highest BCUT2D eigenvalue weighted by Crippen LogP contribution is 2.36. The SMILES string of the molecule is CC1CCc2ccccc2N1c1cc(C(=O)O)c(N)cn1. The van der Waals surface area contributed by atoms with E-state index in [1.54, 1.807) is 6.07 Å². The number of carboxylic acid groups (broad SMARTS) is 1. The smallest absolute Gasteiger partial charge is 0.337 e. The summed E-state index contributed by atoms with van der Waals surface area (Å²) in [6.45, 7) is 2.12. The Bertz CT molecular complexity index is 700. The van der Waals surface area contributed by atoms with Crippen LogP contribution in [0.2, 0.25) is 0 Å². The first-order valence-electron chi connectivity index (χ1n) is 6.94. The van der Waals surface area contributed by atoms with Crippen LogP contribution in [0.4, 0.5) is 17.2 Å². The first-order valence-corrected chi connectivity index (χ1v) is 6.94. The molecule has 0 bridgehead atoms. The maximum absolute atomic E-state index is 11.3. The van der Waals surface area contributed by atoms with Crippen molar-refractivity contribution in [2.45, 2.75) is 25.8 Å². The topological polar surface area (TPSA) is 79.5 Å². The Labute approximate surface area is 123 Å². The first kappa shape index (κ1) is 13.4. The van der Waals surface area contributed by atoms with Crippen molar-refractivity contribution < 1.29 is 9.90 Å². The van der Waals surface area contributed by atoms with Gasteiger partial charge in [-0.2, -0.15) is 0 Å². The molecule has 1 aliphatic rings. The Morgan fingerprint density at radius 2 is 2.19 bits per heavy atom. The lowest BCUT2D eigenvalue weighted by atomic mass is 9.96. The van der Waals surface area contributed by atoms with Gasteiger partial charge < -0.3 is 15.7 Å². The van der Waals surface area contributed by atoms with Crippen molar-refractivity contribution in [1.82, 2.24) is 4.98 Å². The second-order valence-electron chi connectivity index (χ2n) is 5.32. The normalized spacial score (nSPS) is 17.4. The number of nitrogens with zero attached hydrogens (tertiary/aromatic N) is 2. The number of benzene rings is 1. The molecule has 3 rings (SSSR count). The van der Waals surface area contributed by atoms with Crippen molar-refractivity contribution in [2.75, 3.05) is 10.6 Å². The molecule has 1 aromatic carbocycles. The Hall–Kier alpha value is -2.56. The van der Waals surface area contributed by atoms with Gasteiger partial charge >= 0.3 is 5.97 Å². The molecule has 0 fully saturated rings. The second kappa shape index (κ2) is 5.09. The average Bonchev–Trinajstić information content (AvgIpc) is 2.48. The molecule has 21 heavy (non-hydrogen) atoms. The van der Waals surface area contributed by atoms with Gasteiger partial charge in [-0.3, -0.25) is 0 Å². The highest BCUT2D eigenvalue weighted by atomic mass is 16.4. The zero-order valence-corrected chi connectivity index (χ0v) is 11.8. The largest absolute Gasteiger partial charge is 0.478 e. The number of aryl methyl sites for hydroxylation is 1. The van der Waals surface area contributed by atoms with E-state index >= 15 is 0 Å². The van der Waals surface area contributed by atoms with Crippen LogP contribution in [0.25, 0.3) is 0 Å². The van der Waals surface area contributed by atoms with Crippen LogP contribution in [0.1, 0.15) is 29.3 Å². The number of pyridine rings is 1. The van der Waals surface area contributed by atoms with E-state index in [9.17, 15) is 9.90 Å². The number of hydrogen-bond donors (Lipinski definition) is 2. The van der Waals surface area contributed by atoms with Crippen LogP contribution in [-0.4, -0.2) is 22.1 Å². The molecule has 0 saturated carbocycles. The third kappa shape index (κ3) is 2.31. The molecule has 0 amide bonds. The summed E-state index contributed by atoms with van der Waals surface area (Å²) in [5.74, 6) is -0.407. The molecule has 0 saturated heterocycles. The summed E-state index contributed by atoms with van der Waals surface area (Å²) in [4.78, 5) is 17.7. The van der Waals surface area contributed by atoms with Gasteiger partial charge in [0.05, 0.1) is 17.4 Å². The lowest BCUT2D eigenvalue weighted by molar-refractivity contribution is 0.0698. The molecule has 1 unspecified atom stereocenters. The molecular formula is C16H17N3O2. The molecule has 0 radical (unpaired) electrons. The number of carboxylic acids is 1. The fourth-order valence-electron chi connectivity index (χ4n) is 2.81. The van der Waals surface area contributed by atoms with Crippen LogP contribution in [-0.2, 0) is 6.42 Å². The summed E-state index contributed by atoms with van der Waals surface area (Å²) in [5.41, 5.74) is 8.31. The minimum absolute atomic E-state index is 0.0928. The summed E-state index contributed by atoms with van der Waals surface area (Å²) in [5, 5.41) is 9.22. The van der Waals surface area contributed by atoms with Gasteiger partial charge in [0.15, 0.2) is 0 Å². The van der Waals surface area contributed by atoms with Gasteiger partial charge in [0.25, 0.3) is 0 Å². The van der Waals surface area contributed by atoms with Gasteiger partial charge in [-0.05, 0) is 37.5 Å². The molecule has 0 spiro atoms. The zero-order chi connectivity index (χ0) is 15.0. The maximum atomic E-state index is 11.3. The quantitative estimate of drug-likeness (QED) is 0.886. The monoisotopic (exact) mass is 283 g/mol. The predicted molar refractivity (Wildman–Crippen MR) is 82.0 cm³/mol. The fraction of sp³-hybridized carbons (Fsp3) is 0.250. The molecule has 2 heterocycles. The van der Waals surface area contributed by atoms with E-state index < -0.39 is 5.97 Å². The molecule has 5 heteroatoms. The van der Waals surface area contributed by atoms with Gasteiger partial charge in [0.2, 0.25) is 0 Å². The van der Waals surface area contributed by atoms with Gasteiger partial charge in [0.1, 0.15) is 5.82 Å². The van der Waals surface area contributed by atoms with E-state index in [-0.39, 0.29) is 17.3 Å². The summed E-state index contributed by atoms with van der Waals surface area (Å²) in [6, 6.07) is 9.96. The molecule has 5 nitrogen and oxygen atoms in total. The van der Waals surface area contributed by atoms with Crippen LogP contribution in [0.3, 0.4) is 0 Å². The molecule has 0 aliphatic carbocycles. The maximum Gasteiger partial charge on any atom is 0.337 e. The Morgan fingerprint density at radius 1 is 1.43 bits per heavy atom. The van der Waals surface area contributed by atoms with Crippen molar-refractivity contribution >= 4 is 23.2 Å². The van der Waals surface area contributed by atoms with E-state index in [2.05, 4.69) is 22.9 Å². The van der Waals surface area contributed by atoms with E-state index in [1.165, 1.54) is 11.8 Å². The zero-order valence-electron chi connectivity index (χ0n) is 11.8. The molecule has 2 aromatic rings. The van der Waals surface area contributed by atoms with Gasteiger partial charge in [-0.25, -0.2) is 9.78 Å². The number of fused-ring (bicyclic) bond motifs is 1. The van der Waals surface area contributed by atoms with Crippen LogP contribution >= 0.6 is 0 Å². The van der Waals surface area contributed by atoms with Gasteiger partial charge in [0, 0.05) is 11.7 Å². The minimum atomic E-state index is -1.03. The number of para-hydroxylation sites is 1. The lowest BCUT2D eigenvalue weighted by Gasteiger charge is -2.36. The Kier molecular flexibility index (Phi) is 3.25. The Balaban J connectivity index is 2.12. The number of aromatic carboxylic acids is 1. The lowest BCUT2D eigenvalue weighted by Crippen LogP contribution is -2.34. The number of nitrogens with two attached hydrogens (primary N) is 1. The number of hydrogen-bond acceptors (Lipinski definition) is 4. The van der Waals surface area contributed by atoms with E-state index in [0.29, 0.717) is 5.82 Å². The van der Waals surface area contributed by atoms with Crippen molar-refractivity contribution in [3.8, 4) is 0 Å². The van der Waals surface area contributed by atoms with Crippen molar-refractivity contribution in [3.05, 3.63) is 47.7 Å². The van der Waals surface area contributed by atoms with Crippen LogP contribution < -0.4 is 10.6 Å². The summed E-state index contributed by atoms with van der Waals surface area (Å²) >= 11 is 0. The first-order chi connectivity index (χ1) is 10.1. The van der Waals surface area contributed by atoms with E-state index in [4.69, 9.17) is 5.73 Å². The molecular weight excluding hydrogens is 266 g/mol. The number of carbonyl (C=O) groups is 1. The third-order valence-corrected chi connectivity index (χ3v) is 3.92. The molecule has 108 valence electrons. The fourth-order valence-corrected chi connectivity index (χ4v) is 2.81. The summed E-state index contributed by atoms with van der Waals surface area (Å²) < 4.78 is 0. The van der Waals surface area contributed by atoms with Crippen molar-refractivity contribution in [1.29, 1.82) is 0 Å². The van der Waals surface area contributed by atoms with E-state index in [0.717, 1.165) is 18.5 Å². The highest BCUT2D eigenvalue weighted by molar-refractivity contribution is 5.94. The van der Waals surface area contributed by atoms with Crippen molar-refractivity contribution in [3.63, 3.8) is 0 Å². The molecule has 1 atom stereocenters. The predicted octanol–water partition coefficient (Wildman–Crippen LogP) is 2.83. The molecule has 3 N–H and O–H groups in total. The standard InChI is InChI=1S/C16H17N3O2/c1-10-6-7-11-4-2-3-5-14(11)19(10)15-8-12(16(20)21)13(17)9-18-15/h2-5,8-10H,6-7,17H2,1H3,(H,20,21). The molecule has 1 aromatic heterocycles. The number of anilines is 3. The van der Waals surface area contributed by atoms with Crippen LogP contribution in [0, 0.1) is 0 Å². The molecule has 1 aliphatic heterocycles. The summed E-state index contributed by atoms with van der Waals surface area (Å²) in [7, 11) is 0. The van der Waals surface area contributed by atoms with Crippen molar-refractivity contribution in [2.24, 2.45) is 0 Å². The minimum Gasteiger partial charge on any atom is -0.478 e. The summed E-state index contributed by atoms with van der Waals surface area (Å²) in [6.07, 6.45) is 3.45. The average molecular weight is 283 g/mol. The van der Waals surface area contributed by atoms with Crippen LogP contribution in [0.15, 0.2) is 36.5 Å². The van der Waals surface area contributed by atoms with Gasteiger partial charge in [-0.15, -0.1) is 0 Å². The van der Waals surface area contributed by atoms with Crippen LogP contribution in [0.5, 0.6) is 0 Å². The second-order valence-corrected chi connectivity index (χ2v) is 5.32. The number of rotatable bonds is 2. The number of nitrogen functional groups attached to an aromatic ring is 1.